The molecule has 1 saturated heterocycles. The van der Waals surface area contributed by atoms with Crippen LogP contribution in [0.1, 0.15) is 30.0 Å². The van der Waals surface area contributed by atoms with Gasteiger partial charge in [0, 0.05) is 18.4 Å². The molecule has 0 radical (unpaired) electrons. The maximum absolute atomic E-state index is 12.6. The number of carbonyl (C=O) groups is 1. The lowest BCUT2D eigenvalue weighted by Gasteiger charge is -2.27. The zero-order valence-electron chi connectivity index (χ0n) is 12.0. The summed E-state index contributed by atoms with van der Waals surface area (Å²) in [7, 11) is 0. The predicted molar refractivity (Wildman–Crippen MR) is 81.2 cm³/mol. The quantitative estimate of drug-likeness (QED) is 0.766. The van der Waals surface area contributed by atoms with Crippen LogP contribution in [0.3, 0.4) is 0 Å². The van der Waals surface area contributed by atoms with Crippen molar-refractivity contribution >= 4 is 5.91 Å². The first-order valence-electron chi connectivity index (χ1n) is 7.37. The lowest BCUT2D eigenvalue weighted by atomic mass is 9.80. The number of nitrogens with zero attached hydrogens (tertiary/aromatic N) is 1. The summed E-state index contributed by atoms with van der Waals surface area (Å²) in [6.07, 6.45) is 8.32. The highest BCUT2D eigenvalue weighted by atomic mass is 16.2. The summed E-state index contributed by atoms with van der Waals surface area (Å²) >= 11 is 0. The van der Waals surface area contributed by atoms with Gasteiger partial charge in [-0.25, -0.2) is 0 Å². The molecule has 0 saturated carbocycles. The van der Waals surface area contributed by atoms with Crippen molar-refractivity contribution in [1.29, 1.82) is 0 Å². The Morgan fingerprint density at radius 3 is 3.05 bits per heavy atom. The first-order chi connectivity index (χ1) is 9.72. The third kappa shape index (κ3) is 2.09. The van der Waals surface area contributed by atoms with Gasteiger partial charge in [0.25, 0.3) is 0 Å². The van der Waals surface area contributed by atoms with Crippen LogP contribution < -0.4 is 0 Å². The lowest BCUT2D eigenvalue weighted by molar-refractivity contribution is -0.131. The molecule has 1 aliphatic carbocycles. The van der Waals surface area contributed by atoms with Crippen molar-refractivity contribution in [3.8, 4) is 0 Å². The van der Waals surface area contributed by atoms with E-state index in [4.69, 9.17) is 0 Å². The first-order valence-corrected chi connectivity index (χ1v) is 7.37. The van der Waals surface area contributed by atoms with Crippen molar-refractivity contribution in [3.63, 3.8) is 0 Å². The van der Waals surface area contributed by atoms with Gasteiger partial charge < -0.3 is 4.90 Å². The molecule has 0 spiro atoms. The van der Waals surface area contributed by atoms with Gasteiger partial charge in [-0.2, -0.15) is 0 Å². The fourth-order valence-corrected chi connectivity index (χ4v) is 3.63. The Kier molecular flexibility index (Phi) is 3.47. The minimum Gasteiger partial charge on any atom is -0.331 e. The normalized spacial score (nSPS) is 28.6. The van der Waals surface area contributed by atoms with E-state index in [-0.39, 0.29) is 12.0 Å². The van der Waals surface area contributed by atoms with Gasteiger partial charge in [-0.15, -0.1) is 6.58 Å². The van der Waals surface area contributed by atoms with Crippen LogP contribution in [0, 0.1) is 18.8 Å². The van der Waals surface area contributed by atoms with Crippen LogP contribution in [0.15, 0.2) is 49.1 Å². The second kappa shape index (κ2) is 5.28. The molecular weight excluding hydrogens is 246 g/mol. The highest BCUT2D eigenvalue weighted by Gasteiger charge is 2.47. The summed E-state index contributed by atoms with van der Waals surface area (Å²) in [6, 6.07) is 8.71. The molecular formula is C18H21NO. The number of amides is 1. The van der Waals surface area contributed by atoms with Crippen molar-refractivity contribution in [1.82, 2.24) is 4.90 Å². The van der Waals surface area contributed by atoms with Crippen molar-refractivity contribution < 1.29 is 4.79 Å². The minimum atomic E-state index is 0.158. The van der Waals surface area contributed by atoms with Gasteiger partial charge in [-0.1, -0.05) is 48.1 Å². The summed E-state index contributed by atoms with van der Waals surface area (Å²) in [5.41, 5.74) is 2.50. The summed E-state index contributed by atoms with van der Waals surface area (Å²) in [4.78, 5) is 14.6. The van der Waals surface area contributed by atoms with E-state index < -0.39 is 0 Å². The molecule has 1 aromatic rings. The van der Waals surface area contributed by atoms with Crippen LogP contribution in [0.5, 0.6) is 0 Å². The van der Waals surface area contributed by atoms with E-state index in [1.54, 1.807) is 0 Å². The molecule has 1 fully saturated rings. The molecule has 20 heavy (non-hydrogen) atoms. The number of rotatable bonds is 3. The standard InChI is InChI=1S/C18H21NO/c1-3-11-19-17(14-8-6-7-13(2)12-14)15-9-4-5-10-16(15)18(19)20/h3-4,6-9,12,15-17H,1,5,10-11H2,2H3/t15-,16+,17+/m1/s1. The molecule has 3 rings (SSSR count). The zero-order chi connectivity index (χ0) is 14.1. The van der Waals surface area contributed by atoms with Crippen molar-refractivity contribution in [2.75, 3.05) is 6.54 Å². The topological polar surface area (TPSA) is 20.3 Å². The smallest absolute Gasteiger partial charge is 0.227 e. The Labute approximate surface area is 120 Å². The molecule has 2 nitrogen and oxygen atoms in total. The number of benzene rings is 1. The molecule has 104 valence electrons. The third-order valence-electron chi connectivity index (χ3n) is 4.48. The summed E-state index contributed by atoms with van der Waals surface area (Å²) in [5.74, 6) is 0.772. The molecule has 0 bridgehead atoms. The van der Waals surface area contributed by atoms with Crippen LogP contribution in [-0.4, -0.2) is 17.4 Å². The van der Waals surface area contributed by atoms with E-state index in [1.807, 2.05) is 11.0 Å². The molecule has 0 unspecified atom stereocenters. The Bertz CT molecular complexity index is 560. The Balaban J connectivity index is 2.03. The fraction of sp³-hybridized carbons (Fsp3) is 0.389. The maximum atomic E-state index is 12.6. The number of allylic oxidation sites excluding steroid dienone is 1. The van der Waals surface area contributed by atoms with Gasteiger partial charge in [0.2, 0.25) is 5.91 Å². The van der Waals surface area contributed by atoms with E-state index in [0.717, 1.165) is 12.8 Å². The highest BCUT2D eigenvalue weighted by Crippen LogP contribution is 2.46. The first kappa shape index (κ1) is 13.2. The highest BCUT2D eigenvalue weighted by molar-refractivity contribution is 5.83. The molecule has 2 heteroatoms. The van der Waals surface area contributed by atoms with Gasteiger partial charge in [0.15, 0.2) is 0 Å². The van der Waals surface area contributed by atoms with Gasteiger partial charge >= 0.3 is 0 Å². The number of aryl methyl sites for hydroxylation is 1. The summed E-state index contributed by atoms with van der Waals surface area (Å²) in [5, 5.41) is 0. The van der Waals surface area contributed by atoms with Crippen molar-refractivity contribution in [3.05, 3.63) is 60.2 Å². The molecule has 1 amide bonds. The van der Waals surface area contributed by atoms with E-state index in [0.29, 0.717) is 18.4 Å². The van der Waals surface area contributed by atoms with E-state index in [1.165, 1.54) is 11.1 Å². The molecule has 1 aliphatic heterocycles. The predicted octanol–water partition coefficient (Wildman–Crippen LogP) is 3.65. The van der Waals surface area contributed by atoms with Crippen LogP contribution in [0.25, 0.3) is 0 Å². The minimum absolute atomic E-state index is 0.158. The number of hydrogen-bond acceptors (Lipinski definition) is 1. The van der Waals surface area contributed by atoms with Gasteiger partial charge in [-0.05, 0) is 25.3 Å². The van der Waals surface area contributed by atoms with Crippen LogP contribution >= 0.6 is 0 Å². The average Bonchev–Trinajstić information content (AvgIpc) is 2.73. The van der Waals surface area contributed by atoms with E-state index in [9.17, 15) is 4.79 Å². The van der Waals surface area contributed by atoms with Gasteiger partial charge in [0.1, 0.15) is 0 Å². The van der Waals surface area contributed by atoms with Gasteiger partial charge in [-0.3, -0.25) is 4.79 Å². The molecule has 2 aliphatic rings. The maximum Gasteiger partial charge on any atom is 0.227 e. The SMILES string of the molecule is C=CCN1C(=O)[C@H]2CCC=C[C@H]2[C@@H]1c1cccc(C)c1. The number of carbonyl (C=O) groups excluding carboxylic acids is 1. The molecule has 1 heterocycles. The summed E-state index contributed by atoms with van der Waals surface area (Å²) in [6.45, 7) is 6.55. The van der Waals surface area contributed by atoms with Crippen molar-refractivity contribution in [2.45, 2.75) is 25.8 Å². The Morgan fingerprint density at radius 1 is 1.45 bits per heavy atom. The van der Waals surface area contributed by atoms with Crippen molar-refractivity contribution in [2.24, 2.45) is 11.8 Å². The lowest BCUT2D eigenvalue weighted by Crippen LogP contribution is -2.29. The van der Waals surface area contributed by atoms with Crippen LogP contribution in [0.2, 0.25) is 0 Å². The zero-order valence-corrected chi connectivity index (χ0v) is 12.0. The Morgan fingerprint density at radius 2 is 2.30 bits per heavy atom. The summed E-state index contributed by atoms with van der Waals surface area (Å²) < 4.78 is 0. The molecule has 1 aromatic carbocycles. The monoisotopic (exact) mass is 267 g/mol. The number of fused-ring (bicyclic) bond motifs is 1. The van der Waals surface area contributed by atoms with E-state index >= 15 is 0 Å². The molecule has 3 atom stereocenters. The molecule has 0 N–H and O–H groups in total. The Hall–Kier alpha value is -1.83. The second-order valence-corrected chi connectivity index (χ2v) is 5.83. The number of hydrogen-bond donors (Lipinski definition) is 0. The number of likely N-dealkylation sites (tertiary alicyclic amines) is 1. The largest absolute Gasteiger partial charge is 0.331 e. The fourth-order valence-electron chi connectivity index (χ4n) is 3.63. The second-order valence-electron chi connectivity index (χ2n) is 5.83. The van der Waals surface area contributed by atoms with Gasteiger partial charge in [0.05, 0.1) is 6.04 Å². The third-order valence-corrected chi connectivity index (χ3v) is 4.48. The van der Waals surface area contributed by atoms with Crippen LogP contribution in [0.4, 0.5) is 0 Å². The van der Waals surface area contributed by atoms with Crippen LogP contribution in [-0.2, 0) is 4.79 Å². The van der Waals surface area contributed by atoms with E-state index in [2.05, 4.69) is 49.9 Å². The molecule has 0 aromatic heterocycles. The average molecular weight is 267 g/mol.